The van der Waals surface area contributed by atoms with Crippen LogP contribution in [-0.2, 0) is 10.2 Å². The van der Waals surface area contributed by atoms with Crippen LogP contribution in [-0.4, -0.2) is 44.2 Å². The first-order valence-corrected chi connectivity index (χ1v) is 9.59. The topological polar surface area (TPSA) is 48.0 Å². The molecule has 1 aliphatic heterocycles. The third-order valence-corrected chi connectivity index (χ3v) is 4.72. The van der Waals surface area contributed by atoms with Crippen LogP contribution in [0.2, 0.25) is 0 Å². The second-order valence-electron chi connectivity index (χ2n) is 8.32. The molecule has 0 bridgehead atoms. The number of benzene rings is 2. The van der Waals surface area contributed by atoms with Crippen molar-refractivity contribution in [1.29, 1.82) is 0 Å². The molecule has 0 amide bonds. The fourth-order valence-electron chi connectivity index (χ4n) is 3.27. The Bertz CT molecular complexity index is 854. The van der Waals surface area contributed by atoms with Crippen LogP contribution in [0.25, 0.3) is 11.1 Å². The molecule has 2 aromatic rings. The van der Waals surface area contributed by atoms with Gasteiger partial charge < -0.3 is 14.2 Å². The van der Waals surface area contributed by atoms with Gasteiger partial charge in [-0.15, -0.1) is 0 Å². The maximum atomic E-state index is 11.2. The van der Waals surface area contributed by atoms with E-state index in [9.17, 15) is 4.79 Å². The first-order chi connectivity index (χ1) is 13.2. The van der Waals surface area contributed by atoms with E-state index in [0.717, 1.165) is 33.9 Å². The summed E-state index contributed by atoms with van der Waals surface area (Å²) in [5.41, 5.74) is 3.29. The Morgan fingerprint density at radius 3 is 2.46 bits per heavy atom. The van der Waals surface area contributed by atoms with Gasteiger partial charge in [-0.1, -0.05) is 32.9 Å². The summed E-state index contributed by atoms with van der Waals surface area (Å²) in [6.07, 6.45) is 0. The van der Waals surface area contributed by atoms with Gasteiger partial charge in [0, 0.05) is 12.1 Å². The molecule has 2 aromatic carbocycles. The molecule has 150 valence electrons. The highest BCUT2D eigenvalue weighted by Gasteiger charge is 2.21. The minimum Gasteiger partial charge on any atom is -0.492 e. The summed E-state index contributed by atoms with van der Waals surface area (Å²) in [5.74, 6) is 2.61. The van der Waals surface area contributed by atoms with Crippen molar-refractivity contribution >= 4 is 5.78 Å². The molecule has 0 aromatic heterocycles. The Morgan fingerprint density at radius 1 is 1.07 bits per heavy atom. The second kappa shape index (κ2) is 8.23. The predicted octanol–water partition coefficient (Wildman–Crippen LogP) is 4.28. The minimum absolute atomic E-state index is 0.0625. The number of fused-ring (bicyclic) bond motifs is 1. The van der Waals surface area contributed by atoms with E-state index in [1.165, 1.54) is 0 Å². The molecule has 1 aliphatic rings. The molecule has 0 saturated carbocycles. The van der Waals surface area contributed by atoms with Crippen molar-refractivity contribution < 1.29 is 19.0 Å². The molecule has 0 unspecified atom stereocenters. The first-order valence-electron chi connectivity index (χ1n) is 9.59. The molecule has 0 saturated heterocycles. The molecule has 0 N–H and O–H groups in total. The largest absolute Gasteiger partial charge is 0.492 e. The first kappa shape index (κ1) is 20.2. The number of Topliss-reactive ketones (excluding diaryl/α,β-unsaturated/α-hetero) is 1. The average Bonchev–Trinajstić information content (AvgIpc) is 3.08. The van der Waals surface area contributed by atoms with Gasteiger partial charge in [0.25, 0.3) is 0 Å². The standard InChI is InChI=1S/C23H29NO4/c1-16(25)14-24(5)10-11-26-20-8-6-17(12-19(20)23(2,3)4)18-7-9-21-22(13-18)28-15-27-21/h6-9,12-13H,10-11,14-15H2,1-5H3. The molecule has 1 heterocycles. The van der Waals surface area contributed by atoms with Crippen LogP contribution < -0.4 is 14.2 Å². The summed E-state index contributed by atoms with van der Waals surface area (Å²) < 4.78 is 17.0. The number of carbonyl (C=O) groups is 1. The lowest BCUT2D eigenvalue weighted by Crippen LogP contribution is -2.29. The van der Waals surface area contributed by atoms with Crippen LogP contribution in [0.4, 0.5) is 0 Å². The summed E-state index contributed by atoms with van der Waals surface area (Å²) in [4.78, 5) is 13.2. The SMILES string of the molecule is CC(=O)CN(C)CCOc1ccc(-c2ccc3c(c2)OCO3)cc1C(C)(C)C. The van der Waals surface area contributed by atoms with Gasteiger partial charge in [-0.05, 0) is 54.8 Å². The van der Waals surface area contributed by atoms with E-state index in [2.05, 4.69) is 32.9 Å². The molecule has 0 atom stereocenters. The highest BCUT2D eigenvalue weighted by Crippen LogP contribution is 2.39. The number of rotatable bonds is 7. The van der Waals surface area contributed by atoms with Crippen molar-refractivity contribution in [2.45, 2.75) is 33.1 Å². The van der Waals surface area contributed by atoms with E-state index in [-0.39, 0.29) is 18.0 Å². The number of carbonyl (C=O) groups excluding carboxylic acids is 1. The van der Waals surface area contributed by atoms with Crippen molar-refractivity contribution in [3.63, 3.8) is 0 Å². The summed E-state index contributed by atoms with van der Waals surface area (Å²) in [5, 5.41) is 0. The molecule has 5 heteroatoms. The maximum Gasteiger partial charge on any atom is 0.231 e. The summed E-state index contributed by atoms with van der Waals surface area (Å²) in [6.45, 7) is 10.1. The Hall–Kier alpha value is -2.53. The van der Waals surface area contributed by atoms with Crippen LogP contribution in [0.15, 0.2) is 36.4 Å². The number of hydrogen-bond acceptors (Lipinski definition) is 5. The van der Waals surface area contributed by atoms with E-state index >= 15 is 0 Å². The van der Waals surface area contributed by atoms with Crippen molar-refractivity contribution in [3.05, 3.63) is 42.0 Å². The zero-order chi connectivity index (χ0) is 20.3. The monoisotopic (exact) mass is 383 g/mol. The Morgan fingerprint density at radius 2 is 1.75 bits per heavy atom. The molecule has 0 spiro atoms. The third-order valence-electron chi connectivity index (χ3n) is 4.72. The predicted molar refractivity (Wildman–Crippen MR) is 110 cm³/mol. The molecule has 0 aliphatic carbocycles. The summed E-state index contributed by atoms with van der Waals surface area (Å²) in [7, 11) is 1.93. The highest BCUT2D eigenvalue weighted by atomic mass is 16.7. The average molecular weight is 383 g/mol. The summed E-state index contributed by atoms with van der Waals surface area (Å²) in [6, 6.07) is 12.3. The van der Waals surface area contributed by atoms with Crippen molar-refractivity contribution in [2.24, 2.45) is 0 Å². The Labute approximate surface area is 167 Å². The van der Waals surface area contributed by atoms with E-state index in [1.54, 1.807) is 6.92 Å². The van der Waals surface area contributed by atoms with Crippen molar-refractivity contribution in [2.75, 3.05) is 33.5 Å². The molecule has 0 fully saturated rings. The smallest absolute Gasteiger partial charge is 0.231 e. The van der Waals surface area contributed by atoms with Gasteiger partial charge in [0.1, 0.15) is 18.1 Å². The van der Waals surface area contributed by atoms with Gasteiger partial charge in [-0.25, -0.2) is 0 Å². The lowest BCUT2D eigenvalue weighted by Gasteiger charge is -2.24. The van der Waals surface area contributed by atoms with Crippen LogP contribution in [0.3, 0.4) is 0 Å². The zero-order valence-electron chi connectivity index (χ0n) is 17.4. The van der Waals surface area contributed by atoms with Gasteiger partial charge in [-0.2, -0.15) is 0 Å². The number of likely N-dealkylation sites (N-methyl/N-ethyl adjacent to an activating group) is 1. The van der Waals surface area contributed by atoms with E-state index in [0.29, 0.717) is 19.7 Å². The van der Waals surface area contributed by atoms with Crippen LogP contribution in [0.5, 0.6) is 17.2 Å². The highest BCUT2D eigenvalue weighted by molar-refractivity contribution is 5.77. The fourth-order valence-corrected chi connectivity index (χ4v) is 3.27. The van der Waals surface area contributed by atoms with Gasteiger partial charge in [0.05, 0.1) is 6.54 Å². The van der Waals surface area contributed by atoms with Crippen LogP contribution in [0.1, 0.15) is 33.3 Å². The second-order valence-corrected chi connectivity index (χ2v) is 8.32. The maximum absolute atomic E-state index is 11.2. The quantitative estimate of drug-likeness (QED) is 0.714. The van der Waals surface area contributed by atoms with Crippen LogP contribution >= 0.6 is 0 Å². The molecular formula is C23H29NO4. The zero-order valence-corrected chi connectivity index (χ0v) is 17.4. The van der Waals surface area contributed by atoms with Crippen LogP contribution in [0, 0.1) is 0 Å². The third kappa shape index (κ3) is 4.84. The minimum atomic E-state index is -0.0625. The van der Waals surface area contributed by atoms with Gasteiger partial charge in [-0.3, -0.25) is 9.69 Å². The van der Waals surface area contributed by atoms with Crippen molar-refractivity contribution in [3.8, 4) is 28.4 Å². The molecular weight excluding hydrogens is 354 g/mol. The molecule has 5 nitrogen and oxygen atoms in total. The molecule has 28 heavy (non-hydrogen) atoms. The van der Waals surface area contributed by atoms with E-state index < -0.39 is 0 Å². The number of ether oxygens (including phenoxy) is 3. The Balaban J connectivity index is 1.79. The normalized spacial score (nSPS) is 13.1. The number of nitrogens with zero attached hydrogens (tertiary/aromatic N) is 1. The molecule has 0 radical (unpaired) electrons. The lowest BCUT2D eigenvalue weighted by molar-refractivity contribution is -0.117. The molecule has 3 rings (SSSR count). The summed E-state index contributed by atoms with van der Waals surface area (Å²) >= 11 is 0. The number of ketones is 1. The fraction of sp³-hybridized carbons (Fsp3) is 0.435. The van der Waals surface area contributed by atoms with Crippen molar-refractivity contribution in [1.82, 2.24) is 4.90 Å². The van der Waals surface area contributed by atoms with E-state index in [4.69, 9.17) is 14.2 Å². The Kier molecular flexibility index (Phi) is 5.94. The van der Waals surface area contributed by atoms with Gasteiger partial charge in [0.2, 0.25) is 6.79 Å². The lowest BCUT2D eigenvalue weighted by atomic mass is 9.84. The van der Waals surface area contributed by atoms with E-state index in [1.807, 2.05) is 36.2 Å². The van der Waals surface area contributed by atoms with Gasteiger partial charge in [0.15, 0.2) is 11.5 Å². The number of hydrogen-bond donors (Lipinski definition) is 0. The van der Waals surface area contributed by atoms with Gasteiger partial charge >= 0.3 is 0 Å².